The van der Waals surface area contributed by atoms with E-state index in [9.17, 15) is 13.0 Å². The molecule has 4 heteroatoms. The molecule has 0 aliphatic carbocycles. The molecule has 0 aliphatic heterocycles. The molecule has 116 valence electrons. The van der Waals surface area contributed by atoms with Crippen LogP contribution in [0.2, 0.25) is 0 Å². The van der Waals surface area contributed by atoms with Crippen molar-refractivity contribution in [2.24, 2.45) is 0 Å². The van der Waals surface area contributed by atoms with Gasteiger partial charge in [0.1, 0.15) is 5.25 Å². The smallest absolute Gasteiger partial charge is 0.276 e. The van der Waals surface area contributed by atoms with Crippen LogP contribution in [0.15, 0.2) is 84.9 Å². The molecule has 3 rings (SSSR count). The molecule has 0 amide bonds. The highest BCUT2D eigenvalue weighted by Crippen LogP contribution is 2.36. The fourth-order valence-corrected chi connectivity index (χ4v) is 3.77. The minimum absolute atomic E-state index is 0.540. The Morgan fingerprint density at radius 2 is 1.22 bits per heavy atom. The van der Waals surface area contributed by atoms with Crippen molar-refractivity contribution < 1.29 is 13.0 Å². The first kappa shape index (κ1) is 15.5. The van der Waals surface area contributed by atoms with E-state index in [-0.39, 0.29) is 0 Å². The summed E-state index contributed by atoms with van der Waals surface area (Å²) in [5, 5.41) is -1.11. The van der Waals surface area contributed by atoms with Crippen molar-refractivity contribution in [3.63, 3.8) is 0 Å². The fourth-order valence-electron chi connectivity index (χ4n) is 2.75. The van der Waals surface area contributed by atoms with Crippen LogP contribution < -0.4 is 0 Å². The maximum atomic E-state index is 12.1. The molecule has 0 aliphatic rings. The fraction of sp³-hybridized carbons (Fsp3) is 0.0526. The topological polar surface area (TPSA) is 54.4 Å². The Morgan fingerprint density at radius 1 is 0.696 bits per heavy atom. The van der Waals surface area contributed by atoms with Gasteiger partial charge in [0.05, 0.1) is 0 Å². The Balaban J connectivity index is 2.23. The number of benzene rings is 3. The second-order valence-electron chi connectivity index (χ2n) is 5.26. The van der Waals surface area contributed by atoms with Gasteiger partial charge in [0, 0.05) is 0 Å². The van der Waals surface area contributed by atoms with Gasteiger partial charge in [0.15, 0.2) is 0 Å². The third-order valence-electron chi connectivity index (χ3n) is 3.73. The first-order chi connectivity index (χ1) is 11.1. The lowest BCUT2D eigenvalue weighted by atomic mass is 9.94. The average molecular weight is 324 g/mol. The summed E-state index contributed by atoms with van der Waals surface area (Å²) in [6.45, 7) is 0. The molecule has 3 aromatic carbocycles. The van der Waals surface area contributed by atoms with Gasteiger partial charge in [-0.1, -0.05) is 84.9 Å². The van der Waals surface area contributed by atoms with Gasteiger partial charge in [0.2, 0.25) is 0 Å². The van der Waals surface area contributed by atoms with Crippen LogP contribution in [0.1, 0.15) is 16.4 Å². The number of hydrogen-bond acceptors (Lipinski definition) is 2. The van der Waals surface area contributed by atoms with Crippen molar-refractivity contribution in [2.45, 2.75) is 5.25 Å². The van der Waals surface area contributed by atoms with Gasteiger partial charge in [-0.05, 0) is 22.3 Å². The third-order valence-corrected chi connectivity index (χ3v) is 4.85. The van der Waals surface area contributed by atoms with Crippen LogP contribution in [0.5, 0.6) is 0 Å². The lowest BCUT2D eigenvalue weighted by molar-refractivity contribution is 0.475. The highest BCUT2D eigenvalue weighted by Gasteiger charge is 2.29. The lowest BCUT2D eigenvalue weighted by Gasteiger charge is -2.18. The highest BCUT2D eigenvalue weighted by molar-refractivity contribution is 7.86. The summed E-state index contributed by atoms with van der Waals surface area (Å²) in [4.78, 5) is 0. The Labute approximate surface area is 136 Å². The van der Waals surface area contributed by atoms with Gasteiger partial charge in [-0.15, -0.1) is 0 Å². The standard InChI is InChI=1S/C19H16O3S/c20-23(21,22)19(16-11-5-2-6-12-16)18-14-8-7-13-17(18)15-9-3-1-4-10-15/h1-14,19H,(H,20,21,22). The molecule has 0 saturated carbocycles. The number of hydrogen-bond donors (Lipinski definition) is 1. The molecule has 0 fully saturated rings. The Hall–Kier alpha value is -2.43. The van der Waals surface area contributed by atoms with Crippen molar-refractivity contribution in [1.82, 2.24) is 0 Å². The summed E-state index contributed by atoms with van der Waals surface area (Å²) in [7, 11) is -4.30. The molecule has 0 saturated heterocycles. The van der Waals surface area contributed by atoms with E-state index in [2.05, 4.69) is 0 Å². The quantitative estimate of drug-likeness (QED) is 0.727. The number of rotatable bonds is 4. The third kappa shape index (κ3) is 3.33. The molecule has 0 bridgehead atoms. The minimum atomic E-state index is -4.30. The molecule has 0 aromatic heterocycles. The van der Waals surface area contributed by atoms with Gasteiger partial charge < -0.3 is 0 Å². The molecule has 0 radical (unpaired) electrons. The van der Waals surface area contributed by atoms with Gasteiger partial charge in [-0.25, -0.2) is 0 Å². The van der Waals surface area contributed by atoms with Crippen LogP contribution in [0.4, 0.5) is 0 Å². The zero-order valence-corrected chi connectivity index (χ0v) is 13.1. The van der Waals surface area contributed by atoms with E-state index in [1.807, 2.05) is 48.5 Å². The molecule has 23 heavy (non-hydrogen) atoms. The van der Waals surface area contributed by atoms with Crippen molar-refractivity contribution in [1.29, 1.82) is 0 Å². The van der Waals surface area contributed by atoms with Crippen LogP contribution >= 0.6 is 0 Å². The van der Waals surface area contributed by atoms with Crippen molar-refractivity contribution in [3.8, 4) is 11.1 Å². The molecule has 0 heterocycles. The SMILES string of the molecule is O=S(=O)(O)C(c1ccccc1)c1ccccc1-c1ccccc1. The summed E-state index contributed by atoms with van der Waals surface area (Å²) in [5.41, 5.74) is 2.80. The Morgan fingerprint density at radius 3 is 1.83 bits per heavy atom. The van der Waals surface area contributed by atoms with Crippen LogP contribution in [0.3, 0.4) is 0 Å². The van der Waals surface area contributed by atoms with Gasteiger partial charge >= 0.3 is 0 Å². The van der Waals surface area contributed by atoms with Crippen LogP contribution in [-0.4, -0.2) is 13.0 Å². The zero-order chi connectivity index (χ0) is 16.3. The van der Waals surface area contributed by atoms with Crippen molar-refractivity contribution in [2.75, 3.05) is 0 Å². The van der Waals surface area contributed by atoms with E-state index in [0.29, 0.717) is 11.1 Å². The molecular formula is C19H16O3S. The molecule has 3 aromatic rings. The summed E-state index contributed by atoms with van der Waals surface area (Å²) < 4.78 is 34.0. The van der Waals surface area contributed by atoms with E-state index < -0.39 is 15.4 Å². The Bertz CT molecular complexity index is 888. The molecule has 0 spiro atoms. The molecule has 1 N–H and O–H groups in total. The summed E-state index contributed by atoms with van der Waals surface area (Å²) in [6, 6.07) is 25.6. The van der Waals surface area contributed by atoms with E-state index in [0.717, 1.165) is 11.1 Å². The Kier molecular flexibility index (Phi) is 4.28. The summed E-state index contributed by atoms with van der Waals surface area (Å²) in [5.74, 6) is 0. The minimum Gasteiger partial charge on any atom is -0.285 e. The van der Waals surface area contributed by atoms with Crippen LogP contribution in [0.25, 0.3) is 11.1 Å². The first-order valence-electron chi connectivity index (χ1n) is 7.23. The summed E-state index contributed by atoms with van der Waals surface area (Å²) in [6.07, 6.45) is 0. The van der Waals surface area contributed by atoms with Gasteiger partial charge in [-0.3, -0.25) is 4.55 Å². The van der Waals surface area contributed by atoms with Crippen LogP contribution in [0, 0.1) is 0 Å². The maximum absolute atomic E-state index is 12.1. The van der Waals surface area contributed by atoms with Crippen molar-refractivity contribution >= 4 is 10.1 Å². The second kappa shape index (κ2) is 6.36. The largest absolute Gasteiger partial charge is 0.285 e. The first-order valence-corrected chi connectivity index (χ1v) is 8.73. The van der Waals surface area contributed by atoms with Crippen molar-refractivity contribution in [3.05, 3.63) is 96.1 Å². The predicted octanol–water partition coefficient (Wildman–Crippen LogP) is 4.33. The molecular weight excluding hydrogens is 308 g/mol. The highest BCUT2D eigenvalue weighted by atomic mass is 32.2. The zero-order valence-electron chi connectivity index (χ0n) is 12.3. The van der Waals surface area contributed by atoms with Crippen LogP contribution in [-0.2, 0) is 10.1 Å². The van der Waals surface area contributed by atoms with Gasteiger partial charge in [-0.2, -0.15) is 8.42 Å². The maximum Gasteiger partial charge on any atom is 0.276 e. The predicted molar refractivity (Wildman–Crippen MR) is 91.7 cm³/mol. The van der Waals surface area contributed by atoms with Gasteiger partial charge in [0.25, 0.3) is 10.1 Å². The average Bonchev–Trinajstić information content (AvgIpc) is 2.56. The summed E-state index contributed by atoms with van der Waals surface area (Å²) >= 11 is 0. The normalized spacial score (nSPS) is 12.7. The van der Waals surface area contributed by atoms with E-state index in [1.54, 1.807) is 36.4 Å². The van der Waals surface area contributed by atoms with E-state index >= 15 is 0 Å². The van der Waals surface area contributed by atoms with E-state index in [4.69, 9.17) is 0 Å². The van der Waals surface area contributed by atoms with E-state index in [1.165, 1.54) is 0 Å². The lowest BCUT2D eigenvalue weighted by Crippen LogP contribution is -2.14. The monoisotopic (exact) mass is 324 g/mol. The molecule has 1 unspecified atom stereocenters. The molecule has 3 nitrogen and oxygen atoms in total. The second-order valence-corrected chi connectivity index (χ2v) is 6.76. The molecule has 1 atom stereocenters.